The molecular formula is C23H22N4O3. The summed E-state index contributed by atoms with van der Waals surface area (Å²) in [6, 6.07) is 12.5. The fraction of sp³-hybridized carbons (Fsp3) is 0.304. The molecule has 1 N–H and O–H groups in total. The van der Waals surface area contributed by atoms with Gasteiger partial charge in [-0.05, 0) is 43.0 Å². The SMILES string of the molecule is CC(C)Cn1nc(C(=O)Nc2ccc3oc(C4CC4)nc3c2)c2ccccc2c1=O. The molecule has 0 aliphatic heterocycles. The van der Waals surface area contributed by atoms with E-state index in [0.29, 0.717) is 34.5 Å². The molecule has 7 heteroatoms. The topological polar surface area (TPSA) is 90.0 Å². The van der Waals surface area contributed by atoms with Crippen LogP contribution in [0.3, 0.4) is 0 Å². The van der Waals surface area contributed by atoms with Gasteiger partial charge in [0, 0.05) is 23.5 Å². The van der Waals surface area contributed by atoms with Crippen LogP contribution in [0, 0.1) is 5.92 Å². The van der Waals surface area contributed by atoms with Crippen LogP contribution in [0.15, 0.2) is 51.7 Å². The quantitative estimate of drug-likeness (QED) is 0.537. The Kier molecular flexibility index (Phi) is 4.38. The van der Waals surface area contributed by atoms with Gasteiger partial charge in [-0.2, -0.15) is 5.10 Å². The molecule has 0 radical (unpaired) electrons. The van der Waals surface area contributed by atoms with E-state index in [2.05, 4.69) is 15.4 Å². The monoisotopic (exact) mass is 402 g/mol. The second-order valence-electron chi connectivity index (χ2n) is 8.24. The van der Waals surface area contributed by atoms with Crippen LogP contribution in [-0.4, -0.2) is 20.7 Å². The molecule has 2 aromatic carbocycles. The fourth-order valence-corrected chi connectivity index (χ4v) is 3.59. The highest BCUT2D eigenvalue weighted by Crippen LogP contribution is 2.40. The maximum Gasteiger partial charge on any atom is 0.276 e. The molecule has 0 bridgehead atoms. The maximum absolute atomic E-state index is 13.1. The molecule has 1 saturated carbocycles. The number of rotatable bonds is 5. The maximum atomic E-state index is 13.1. The molecule has 7 nitrogen and oxygen atoms in total. The smallest absolute Gasteiger partial charge is 0.276 e. The Labute approximate surface area is 172 Å². The van der Waals surface area contributed by atoms with Crippen LogP contribution in [0.5, 0.6) is 0 Å². The van der Waals surface area contributed by atoms with Crippen LogP contribution in [0.1, 0.15) is 49.0 Å². The first kappa shape index (κ1) is 18.5. The minimum absolute atomic E-state index is 0.188. The summed E-state index contributed by atoms with van der Waals surface area (Å²) in [7, 11) is 0. The number of nitrogens with one attached hydrogen (secondary N) is 1. The van der Waals surface area contributed by atoms with Crippen LogP contribution in [0.2, 0.25) is 0 Å². The highest BCUT2D eigenvalue weighted by Gasteiger charge is 2.29. The summed E-state index contributed by atoms with van der Waals surface area (Å²) in [5, 5.41) is 8.32. The number of hydrogen-bond donors (Lipinski definition) is 1. The van der Waals surface area contributed by atoms with E-state index in [1.807, 2.05) is 19.9 Å². The van der Waals surface area contributed by atoms with Crippen molar-refractivity contribution in [1.29, 1.82) is 0 Å². The van der Waals surface area contributed by atoms with Gasteiger partial charge in [0.1, 0.15) is 5.52 Å². The molecule has 30 heavy (non-hydrogen) atoms. The first-order valence-corrected chi connectivity index (χ1v) is 10.2. The van der Waals surface area contributed by atoms with Gasteiger partial charge in [-0.15, -0.1) is 0 Å². The molecule has 1 aliphatic rings. The number of amides is 1. The van der Waals surface area contributed by atoms with Crippen molar-refractivity contribution in [3.63, 3.8) is 0 Å². The Bertz CT molecular complexity index is 1330. The molecular weight excluding hydrogens is 380 g/mol. The first-order chi connectivity index (χ1) is 14.5. The highest BCUT2D eigenvalue weighted by atomic mass is 16.3. The molecule has 2 heterocycles. The summed E-state index contributed by atoms with van der Waals surface area (Å²) < 4.78 is 7.17. The van der Waals surface area contributed by atoms with E-state index >= 15 is 0 Å². The van der Waals surface area contributed by atoms with E-state index in [0.717, 1.165) is 24.2 Å². The predicted octanol–water partition coefficient (Wildman–Crippen LogP) is 4.32. The van der Waals surface area contributed by atoms with Gasteiger partial charge in [0.15, 0.2) is 17.2 Å². The van der Waals surface area contributed by atoms with Crippen molar-refractivity contribution in [1.82, 2.24) is 14.8 Å². The minimum Gasteiger partial charge on any atom is -0.440 e. The molecule has 2 aromatic heterocycles. The lowest BCUT2D eigenvalue weighted by Crippen LogP contribution is -2.29. The van der Waals surface area contributed by atoms with Crippen molar-refractivity contribution in [2.45, 2.75) is 39.2 Å². The molecule has 1 amide bonds. The third kappa shape index (κ3) is 3.36. The number of oxazole rings is 1. The Balaban J connectivity index is 1.51. The number of aromatic nitrogens is 3. The number of fused-ring (bicyclic) bond motifs is 2. The van der Waals surface area contributed by atoms with Crippen molar-refractivity contribution in [2.75, 3.05) is 5.32 Å². The number of carbonyl (C=O) groups excluding carboxylic acids is 1. The molecule has 4 aromatic rings. The van der Waals surface area contributed by atoms with Crippen LogP contribution in [0.4, 0.5) is 5.69 Å². The number of carbonyl (C=O) groups is 1. The van der Waals surface area contributed by atoms with E-state index in [1.165, 1.54) is 4.68 Å². The largest absolute Gasteiger partial charge is 0.440 e. The third-order valence-electron chi connectivity index (χ3n) is 5.21. The normalized spacial score (nSPS) is 14.0. The third-order valence-corrected chi connectivity index (χ3v) is 5.21. The van der Waals surface area contributed by atoms with Crippen LogP contribution in [-0.2, 0) is 6.54 Å². The summed E-state index contributed by atoms with van der Waals surface area (Å²) in [4.78, 5) is 30.4. The van der Waals surface area contributed by atoms with E-state index in [-0.39, 0.29) is 23.1 Å². The number of hydrogen-bond acceptors (Lipinski definition) is 5. The van der Waals surface area contributed by atoms with Gasteiger partial charge in [-0.3, -0.25) is 9.59 Å². The van der Waals surface area contributed by atoms with Crippen molar-refractivity contribution in [3.8, 4) is 0 Å². The van der Waals surface area contributed by atoms with Crippen molar-refractivity contribution in [2.24, 2.45) is 5.92 Å². The zero-order valence-corrected chi connectivity index (χ0v) is 16.9. The van der Waals surface area contributed by atoms with Gasteiger partial charge in [0.2, 0.25) is 0 Å². The van der Waals surface area contributed by atoms with Gasteiger partial charge < -0.3 is 9.73 Å². The molecule has 152 valence electrons. The van der Waals surface area contributed by atoms with Gasteiger partial charge in [-0.1, -0.05) is 32.0 Å². The average molecular weight is 402 g/mol. The van der Waals surface area contributed by atoms with Crippen molar-refractivity contribution < 1.29 is 9.21 Å². The molecule has 1 fully saturated rings. The molecule has 5 rings (SSSR count). The Morgan fingerprint density at radius 3 is 2.70 bits per heavy atom. The van der Waals surface area contributed by atoms with Crippen LogP contribution >= 0.6 is 0 Å². The first-order valence-electron chi connectivity index (χ1n) is 10.2. The van der Waals surface area contributed by atoms with E-state index in [4.69, 9.17) is 4.42 Å². The van der Waals surface area contributed by atoms with Crippen molar-refractivity contribution in [3.05, 3.63) is 64.4 Å². The Morgan fingerprint density at radius 1 is 1.20 bits per heavy atom. The van der Waals surface area contributed by atoms with E-state index < -0.39 is 0 Å². The lowest BCUT2D eigenvalue weighted by Gasteiger charge is -2.12. The van der Waals surface area contributed by atoms with Crippen LogP contribution < -0.4 is 10.9 Å². The second-order valence-corrected chi connectivity index (χ2v) is 8.24. The molecule has 1 aliphatic carbocycles. The Morgan fingerprint density at radius 2 is 1.97 bits per heavy atom. The zero-order chi connectivity index (χ0) is 20.8. The molecule has 0 unspecified atom stereocenters. The number of anilines is 1. The predicted molar refractivity (Wildman–Crippen MR) is 115 cm³/mol. The summed E-state index contributed by atoms with van der Waals surface area (Å²) in [5.41, 5.74) is 2.08. The highest BCUT2D eigenvalue weighted by molar-refractivity contribution is 6.11. The summed E-state index contributed by atoms with van der Waals surface area (Å²) in [6.07, 6.45) is 2.22. The van der Waals surface area contributed by atoms with Gasteiger partial charge >= 0.3 is 0 Å². The zero-order valence-electron chi connectivity index (χ0n) is 16.9. The average Bonchev–Trinajstić information content (AvgIpc) is 3.49. The van der Waals surface area contributed by atoms with E-state index in [1.54, 1.807) is 36.4 Å². The fourth-order valence-electron chi connectivity index (χ4n) is 3.59. The lowest BCUT2D eigenvalue weighted by atomic mass is 10.1. The van der Waals surface area contributed by atoms with Crippen molar-refractivity contribution >= 4 is 33.5 Å². The Hall–Kier alpha value is -3.48. The molecule has 0 saturated heterocycles. The van der Waals surface area contributed by atoms with Crippen LogP contribution in [0.25, 0.3) is 21.9 Å². The summed E-state index contributed by atoms with van der Waals surface area (Å²) in [5.74, 6) is 1.05. The summed E-state index contributed by atoms with van der Waals surface area (Å²) in [6.45, 7) is 4.46. The van der Waals surface area contributed by atoms with Gasteiger partial charge in [0.25, 0.3) is 11.5 Å². The molecule has 0 atom stereocenters. The van der Waals surface area contributed by atoms with Gasteiger partial charge in [0.05, 0.1) is 5.39 Å². The standard InChI is InChI=1S/C23H22N4O3/c1-13(2)12-27-23(29)17-6-4-3-5-16(17)20(26-27)21(28)24-15-9-10-19-18(11-15)25-22(30-19)14-7-8-14/h3-6,9-11,13-14H,7-8,12H2,1-2H3,(H,24,28). The van der Waals surface area contributed by atoms with E-state index in [9.17, 15) is 9.59 Å². The second kappa shape index (κ2) is 7.09. The number of nitrogens with zero attached hydrogens (tertiary/aromatic N) is 3. The lowest BCUT2D eigenvalue weighted by molar-refractivity contribution is 0.102. The molecule has 0 spiro atoms. The summed E-state index contributed by atoms with van der Waals surface area (Å²) >= 11 is 0. The number of benzene rings is 2. The minimum atomic E-state index is -0.367. The van der Waals surface area contributed by atoms with Gasteiger partial charge in [-0.25, -0.2) is 9.67 Å².